The van der Waals surface area contributed by atoms with E-state index in [1.807, 2.05) is 0 Å². The van der Waals surface area contributed by atoms with Gasteiger partial charge in [-0.05, 0) is 18.2 Å². The first-order valence-electron chi connectivity index (χ1n) is 5.02. The monoisotopic (exact) mass is 229 g/mol. The van der Waals surface area contributed by atoms with Gasteiger partial charge in [0.2, 0.25) is 5.88 Å². The SMILES string of the molecule is COc1cccc(NC(=O)c2ccncc2)n1. The molecule has 2 aromatic heterocycles. The van der Waals surface area contributed by atoms with Gasteiger partial charge in [-0.3, -0.25) is 9.78 Å². The van der Waals surface area contributed by atoms with Crippen LogP contribution < -0.4 is 10.1 Å². The molecule has 2 aromatic rings. The highest BCUT2D eigenvalue weighted by Crippen LogP contribution is 2.11. The third-order valence-electron chi connectivity index (χ3n) is 2.12. The zero-order valence-electron chi connectivity index (χ0n) is 9.25. The van der Waals surface area contributed by atoms with Crippen LogP contribution in [0, 0.1) is 0 Å². The molecule has 2 heterocycles. The lowest BCUT2D eigenvalue weighted by molar-refractivity contribution is 0.102. The van der Waals surface area contributed by atoms with Crippen LogP contribution in [-0.4, -0.2) is 23.0 Å². The zero-order chi connectivity index (χ0) is 12.1. The number of carbonyl (C=O) groups is 1. The van der Waals surface area contributed by atoms with Gasteiger partial charge in [-0.15, -0.1) is 0 Å². The number of aromatic nitrogens is 2. The molecule has 0 unspecified atom stereocenters. The molecule has 5 nitrogen and oxygen atoms in total. The summed E-state index contributed by atoms with van der Waals surface area (Å²) in [5.74, 6) is 0.678. The molecule has 0 bridgehead atoms. The Morgan fingerprint density at radius 1 is 1.24 bits per heavy atom. The van der Waals surface area contributed by atoms with Crippen molar-refractivity contribution >= 4 is 11.7 Å². The third kappa shape index (κ3) is 2.78. The minimum Gasteiger partial charge on any atom is -0.481 e. The van der Waals surface area contributed by atoms with Gasteiger partial charge in [0, 0.05) is 24.0 Å². The molecule has 0 radical (unpaired) electrons. The van der Waals surface area contributed by atoms with Gasteiger partial charge in [0.05, 0.1) is 7.11 Å². The van der Waals surface area contributed by atoms with Crippen LogP contribution in [0.3, 0.4) is 0 Å². The van der Waals surface area contributed by atoms with Crippen LogP contribution in [0.25, 0.3) is 0 Å². The van der Waals surface area contributed by atoms with Crippen molar-refractivity contribution < 1.29 is 9.53 Å². The molecule has 0 saturated heterocycles. The molecular weight excluding hydrogens is 218 g/mol. The van der Waals surface area contributed by atoms with Crippen LogP contribution in [0.1, 0.15) is 10.4 Å². The van der Waals surface area contributed by atoms with Crippen LogP contribution in [0.4, 0.5) is 5.82 Å². The fourth-order valence-corrected chi connectivity index (χ4v) is 1.29. The first-order valence-corrected chi connectivity index (χ1v) is 5.02. The Bertz CT molecular complexity index is 514. The van der Waals surface area contributed by atoms with Gasteiger partial charge in [0.1, 0.15) is 5.82 Å². The molecule has 0 atom stereocenters. The third-order valence-corrected chi connectivity index (χ3v) is 2.12. The Kier molecular flexibility index (Phi) is 3.30. The second-order valence-electron chi connectivity index (χ2n) is 3.26. The summed E-state index contributed by atoms with van der Waals surface area (Å²) in [6.45, 7) is 0. The summed E-state index contributed by atoms with van der Waals surface area (Å²) in [5, 5.41) is 2.68. The maximum absolute atomic E-state index is 11.8. The van der Waals surface area contributed by atoms with E-state index in [1.54, 1.807) is 42.7 Å². The number of carbonyl (C=O) groups excluding carboxylic acids is 1. The summed E-state index contributed by atoms with van der Waals surface area (Å²) in [6.07, 6.45) is 3.13. The summed E-state index contributed by atoms with van der Waals surface area (Å²) in [6, 6.07) is 8.43. The van der Waals surface area contributed by atoms with Crippen molar-refractivity contribution in [3.8, 4) is 5.88 Å². The van der Waals surface area contributed by atoms with Gasteiger partial charge in [-0.25, -0.2) is 0 Å². The van der Waals surface area contributed by atoms with Crippen molar-refractivity contribution in [3.05, 3.63) is 48.3 Å². The number of methoxy groups -OCH3 is 1. The van der Waals surface area contributed by atoms with Crippen LogP contribution in [0.5, 0.6) is 5.88 Å². The van der Waals surface area contributed by atoms with Crippen molar-refractivity contribution in [2.24, 2.45) is 0 Å². The van der Waals surface area contributed by atoms with Gasteiger partial charge in [0.25, 0.3) is 5.91 Å². The molecule has 0 aromatic carbocycles. The lowest BCUT2D eigenvalue weighted by Crippen LogP contribution is -2.12. The fraction of sp³-hybridized carbons (Fsp3) is 0.0833. The molecule has 2 rings (SSSR count). The first-order chi connectivity index (χ1) is 8.29. The van der Waals surface area contributed by atoms with E-state index in [1.165, 1.54) is 7.11 Å². The average Bonchev–Trinajstić information content (AvgIpc) is 2.40. The predicted octanol–water partition coefficient (Wildman–Crippen LogP) is 1.74. The van der Waals surface area contributed by atoms with E-state index in [4.69, 9.17) is 4.74 Å². The summed E-state index contributed by atoms with van der Waals surface area (Å²) in [7, 11) is 1.52. The molecule has 0 aliphatic carbocycles. The first kappa shape index (κ1) is 11.1. The Morgan fingerprint density at radius 3 is 2.71 bits per heavy atom. The van der Waals surface area contributed by atoms with Crippen molar-refractivity contribution in [1.29, 1.82) is 0 Å². The van der Waals surface area contributed by atoms with E-state index in [2.05, 4.69) is 15.3 Å². The highest BCUT2D eigenvalue weighted by molar-refractivity contribution is 6.03. The largest absolute Gasteiger partial charge is 0.481 e. The lowest BCUT2D eigenvalue weighted by atomic mass is 10.2. The van der Waals surface area contributed by atoms with E-state index in [-0.39, 0.29) is 5.91 Å². The molecule has 17 heavy (non-hydrogen) atoms. The van der Waals surface area contributed by atoms with E-state index in [9.17, 15) is 4.79 Å². The maximum Gasteiger partial charge on any atom is 0.256 e. The molecule has 0 saturated carbocycles. The quantitative estimate of drug-likeness (QED) is 0.870. The second kappa shape index (κ2) is 5.07. The normalized spacial score (nSPS) is 9.71. The van der Waals surface area contributed by atoms with E-state index < -0.39 is 0 Å². The summed E-state index contributed by atoms with van der Waals surface area (Å²) in [4.78, 5) is 19.7. The second-order valence-corrected chi connectivity index (χ2v) is 3.26. The van der Waals surface area contributed by atoms with Gasteiger partial charge in [-0.2, -0.15) is 4.98 Å². The Balaban J connectivity index is 2.13. The smallest absolute Gasteiger partial charge is 0.256 e. The van der Waals surface area contributed by atoms with Gasteiger partial charge in [0.15, 0.2) is 0 Å². The van der Waals surface area contributed by atoms with Gasteiger partial charge < -0.3 is 10.1 Å². The summed E-state index contributed by atoms with van der Waals surface area (Å²) >= 11 is 0. The maximum atomic E-state index is 11.8. The van der Waals surface area contributed by atoms with Crippen molar-refractivity contribution in [2.75, 3.05) is 12.4 Å². The van der Waals surface area contributed by atoms with E-state index >= 15 is 0 Å². The molecule has 1 amide bonds. The molecule has 86 valence electrons. The van der Waals surface area contributed by atoms with Crippen molar-refractivity contribution in [1.82, 2.24) is 9.97 Å². The van der Waals surface area contributed by atoms with Gasteiger partial charge in [-0.1, -0.05) is 6.07 Å². The van der Waals surface area contributed by atoms with Gasteiger partial charge >= 0.3 is 0 Å². The molecule has 0 aliphatic rings. The van der Waals surface area contributed by atoms with Crippen LogP contribution in [0.2, 0.25) is 0 Å². The number of hydrogen-bond donors (Lipinski definition) is 1. The minimum atomic E-state index is -0.229. The number of pyridine rings is 2. The number of anilines is 1. The molecule has 5 heteroatoms. The fourth-order valence-electron chi connectivity index (χ4n) is 1.29. The van der Waals surface area contributed by atoms with E-state index in [0.29, 0.717) is 17.3 Å². The minimum absolute atomic E-state index is 0.229. The molecule has 0 aliphatic heterocycles. The highest BCUT2D eigenvalue weighted by Gasteiger charge is 2.06. The Labute approximate surface area is 98.5 Å². The number of rotatable bonds is 3. The van der Waals surface area contributed by atoms with E-state index in [0.717, 1.165) is 0 Å². The predicted molar refractivity (Wildman–Crippen MR) is 63.0 cm³/mol. The number of amides is 1. The number of nitrogens with zero attached hydrogens (tertiary/aromatic N) is 2. The molecular formula is C12H11N3O2. The molecule has 1 N–H and O–H groups in total. The standard InChI is InChI=1S/C12H11N3O2/c1-17-11-4-2-3-10(14-11)15-12(16)9-5-7-13-8-6-9/h2-8H,1H3,(H,14,15,16). The zero-order valence-corrected chi connectivity index (χ0v) is 9.25. The van der Waals surface area contributed by atoms with Crippen LogP contribution >= 0.6 is 0 Å². The summed E-state index contributed by atoms with van der Waals surface area (Å²) in [5.41, 5.74) is 0.532. The molecule has 0 fully saturated rings. The lowest BCUT2D eigenvalue weighted by Gasteiger charge is -2.05. The Hall–Kier alpha value is -2.43. The van der Waals surface area contributed by atoms with Crippen molar-refractivity contribution in [2.45, 2.75) is 0 Å². The number of ether oxygens (including phenoxy) is 1. The highest BCUT2D eigenvalue weighted by atomic mass is 16.5. The van der Waals surface area contributed by atoms with Crippen LogP contribution in [-0.2, 0) is 0 Å². The average molecular weight is 229 g/mol. The summed E-state index contributed by atoms with van der Waals surface area (Å²) < 4.78 is 4.97. The Morgan fingerprint density at radius 2 is 2.00 bits per heavy atom. The number of nitrogens with one attached hydrogen (secondary N) is 1. The van der Waals surface area contributed by atoms with Crippen LogP contribution in [0.15, 0.2) is 42.7 Å². The topological polar surface area (TPSA) is 64.1 Å². The van der Waals surface area contributed by atoms with Crippen molar-refractivity contribution in [3.63, 3.8) is 0 Å². The number of hydrogen-bond acceptors (Lipinski definition) is 4. The molecule has 0 spiro atoms.